The second-order valence-corrected chi connectivity index (χ2v) is 8.68. The lowest BCUT2D eigenvalue weighted by atomic mass is 10.1. The van der Waals surface area contributed by atoms with E-state index in [0.717, 1.165) is 27.3 Å². The Morgan fingerprint density at radius 3 is 2.53 bits per heavy atom. The molecule has 3 rings (SSSR count). The first-order chi connectivity index (χ1) is 16.0. The minimum absolute atomic E-state index is 0.00458. The molecule has 34 heavy (non-hydrogen) atoms. The Balaban J connectivity index is 2.03. The number of aromatic nitrogens is 2. The molecule has 0 saturated carbocycles. The number of carboxylic acid groups (broad SMARTS) is 1. The van der Waals surface area contributed by atoms with Crippen LogP contribution in [0.25, 0.3) is 16.1 Å². The number of allylic oxidation sites excluding steroid dienone is 3. The van der Waals surface area contributed by atoms with Gasteiger partial charge in [0.15, 0.2) is 5.69 Å². The molecule has 0 saturated heterocycles. The Bertz CT molecular complexity index is 1250. The Morgan fingerprint density at radius 2 is 1.91 bits per heavy atom. The summed E-state index contributed by atoms with van der Waals surface area (Å²) in [5.74, 6) is -2.63. The van der Waals surface area contributed by atoms with E-state index in [1.54, 1.807) is 25.1 Å². The predicted octanol–water partition coefficient (Wildman–Crippen LogP) is 7.17. The molecule has 0 atom stereocenters. The van der Waals surface area contributed by atoms with Crippen LogP contribution >= 0.6 is 11.3 Å². The molecule has 0 fully saturated rings. The van der Waals surface area contributed by atoms with Gasteiger partial charge in [0.2, 0.25) is 0 Å². The van der Waals surface area contributed by atoms with Crippen LogP contribution in [0.1, 0.15) is 42.8 Å². The number of hydrogen-bond donors (Lipinski definition) is 1. The third-order valence-electron chi connectivity index (χ3n) is 4.80. The quantitative estimate of drug-likeness (QED) is 0.266. The molecule has 1 aromatic carbocycles. The molecule has 0 radical (unpaired) electrons. The van der Waals surface area contributed by atoms with E-state index in [0.29, 0.717) is 22.9 Å². The zero-order chi connectivity index (χ0) is 25.0. The average molecular weight is 497 g/mol. The molecule has 10 heteroatoms. The van der Waals surface area contributed by atoms with Gasteiger partial charge in [-0.25, -0.2) is 8.78 Å². The van der Waals surface area contributed by atoms with Gasteiger partial charge in [0, 0.05) is 16.5 Å². The molecule has 0 aliphatic carbocycles. The largest absolute Gasteiger partial charge is 0.481 e. The zero-order valence-corrected chi connectivity index (χ0v) is 19.1. The summed E-state index contributed by atoms with van der Waals surface area (Å²) in [5, 5.41) is 12.6. The van der Waals surface area contributed by atoms with Gasteiger partial charge in [-0.05, 0) is 43.2 Å². The zero-order valence-electron chi connectivity index (χ0n) is 18.3. The molecule has 0 bridgehead atoms. The van der Waals surface area contributed by atoms with E-state index in [4.69, 9.17) is 5.11 Å². The molecule has 4 nitrogen and oxygen atoms in total. The molecular formula is C24H21F5N2O2S. The Labute approximate surface area is 196 Å². The summed E-state index contributed by atoms with van der Waals surface area (Å²) in [5.41, 5.74) is 0.383. The summed E-state index contributed by atoms with van der Waals surface area (Å²) in [7, 11) is 0. The molecular weight excluding hydrogens is 475 g/mol. The van der Waals surface area contributed by atoms with Crippen molar-refractivity contribution in [2.24, 2.45) is 0 Å². The molecule has 0 aliphatic heterocycles. The first kappa shape index (κ1) is 25.4. The fraction of sp³-hybridized carbons (Fsp3) is 0.250. The van der Waals surface area contributed by atoms with Crippen molar-refractivity contribution in [1.82, 2.24) is 9.78 Å². The van der Waals surface area contributed by atoms with Crippen LogP contribution in [-0.2, 0) is 17.5 Å². The van der Waals surface area contributed by atoms with Crippen molar-refractivity contribution in [1.29, 1.82) is 0 Å². The fourth-order valence-electron chi connectivity index (χ4n) is 3.32. The maximum absolute atomic E-state index is 14.2. The normalized spacial score (nSPS) is 12.9. The van der Waals surface area contributed by atoms with Crippen molar-refractivity contribution in [3.63, 3.8) is 0 Å². The molecule has 0 spiro atoms. The van der Waals surface area contributed by atoms with E-state index in [1.165, 1.54) is 17.4 Å². The topological polar surface area (TPSA) is 55.1 Å². The Kier molecular flexibility index (Phi) is 7.71. The van der Waals surface area contributed by atoms with Crippen LogP contribution in [0.4, 0.5) is 22.0 Å². The maximum Gasteiger partial charge on any atom is 0.435 e. The number of aliphatic carboxylic acids is 1. The van der Waals surface area contributed by atoms with E-state index in [2.05, 4.69) is 5.10 Å². The van der Waals surface area contributed by atoms with Gasteiger partial charge >= 0.3 is 12.1 Å². The van der Waals surface area contributed by atoms with Gasteiger partial charge in [-0.15, -0.1) is 11.3 Å². The summed E-state index contributed by atoms with van der Waals surface area (Å²) >= 11 is 1.21. The van der Waals surface area contributed by atoms with E-state index >= 15 is 0 Å². The highest BCUT2D eigenvalue weighted by Gasteiger charge is 2.35. The molecule has 3 aromatic rings. The van der Waals surface area contributed by atoms with Crippen LogP contribution in [0.15, 0.2) is 54.1 Å². The number of thiophene rings is 1. The first-order valence-corrected chi connectivity index (χ1v) is 11.1. The van der Waals surface area contributed by atoms with Gasteiger partial charge in [-0.2, -0.15) is 18.3 Å². The average Bonchev–Trinajstić information content (AvgIpc) is 3.36. The van der Waals surface area contributed by atoms with E-state index in [1.807, 2.05) is 13.0 Å². The fourth-order valence-corrected chi connectivity index (χ4v) is 4.36. The maximum atomic E-state index is 14.2. The molecule has 2 heterocycles. The number of halogens is 5. The lowest BCUT2D eigenvalue weighted by molar-refractivity contribution is -0.141. The van der Waals surface area contributed by atoms with Crippen molar-refractivity contribution in [3.05, 3.63) is 81.9 Å². The SMILES string of the molecule is CC/C=C(\C=C(/C)CC(=O)O)c1ccc(-c2cc(C(F)(F)F)nn2Cc2ccc(F)cc2F)s1. The monoisotopic (exact) mass is 496 g/mol. The first-order valence-electron chi connectivity index (χ1n) is 10.3. The van der Waals surface area contributed by atoms with Crippen LogP contribution in [0.2, 0.25) is 0 Å². The van der Waals surface area contributed by atoms with Gasteiger partial charge in [0.1, 0.15) is 11.6 Å². The summed E-state index contributed by atoms with van der Waals surface area (Å²) in [6, 6.07) is 7.13. The minimum Gasteiger partial charge on any atom is -0.481 e. The standard InChI is InChI=1S/C24H21F5N2O2S/c1-3-4-15(9-14(2)10-23(32)33)20-7-8-21(34-20)19-12-22(24(27,28)29)30-31(19)13-16-5-6-17(25)11-18(16)26/h4-9,11-12H,3,10,13H2,1-2H3,(H,32,33)/b14-9+,15-4+. The molecule has 1 N–H and O–H groups in total. The highest BCUT2D eigenvalue weighted by atomic mass is 32.1. The number of benzene rings is 1. The molecule has 0 amide bonds. The summed E-state index contributed by atoms with van der Waals surface area (Å²) in [6.07, 6.45) is -0.540. The van der Waals surface area contributed by atoms with Crippen LogP contribution in [-0.4, -0.2) is 20.9 Å². The number of nitrogens with zero attached hydrogens (tertiary/aromatic N) is 2. The van der Waals surface area contributed by atoms with Crippen LogP contribution in [0.5, 0.6) is 0 Å². The predicted molar refractivity (Wildman–Crippen MR) is 120 cm³/mol. The Hall–Kier alpha value is -3.27. The van der Waals surface area contributed by atoms with Gasteiger partial charge < -0.3 is 5.11 Å². The van der Waals surface area contributed by atoms with Crippen molar-refractivity contribution < 1.29 is 31.9 Å². The molecule has 0 unspecified atom stereocenters. The minimum atomic E-state index is -4.70. The van der Waals surface area contributed by atoms with Crippen LogP contribution < -0.4 is 0 Å². The van der Waals surface area contributed by atoms with Gasteiger partial charge in [0.25, 0.3) is 0 Å². The summed E-state index contributed by atoms with van der Waals surface area (Å²) < 4.78 is 68.6. The lowest BCUT2D eigenvalue weighted by Crippen LogP contribution is -2.09. The van der Waals surface area contributed by atoms with Crippen LogP contribution in [0.3, 0.4) is 0 Å². The second-order valence-electron chi connectivity index (χ2n) is 7.60. The van der Waals surface area contributed by atoms with E-state index in [-0.39, 0.29) is 24.2 Å². The molecule has 2 aromatic heterocycles. The Morgan fingerprint density at radius 1 is 1.18 bits per heavy atom. The van der Waals surface area contributed by atoms with Crippen molar-refractivity contribution >= 4 is 22.9 Å². The third-order valence-corrected chi connectivity index (χ3v) is 5.96. The second kappa shape index (κ2) is 10.3. The summed E-state index contributed by atoms with van der Waals surface area (Å²) in [6.45, 7) is 3.28. The van der Waals surface area contributed by atoms with Crippen LogP contribution in [0, 0.1) is 11.6 Å². The molecule has 0 aliphatic rings. The smallest absolute Gasteiger partial charge is 0.435 e. The summed E-state index contributed by atoms with van der Waals surface area (Å²) in [4.78, 5) is 12.2. The lowest BCUT2D eigenvalue weighted by Gasteiger charge is -2.08. The number of hydrogen-bond acceptors (Lipinski definition) is 3. The number of rotatable bonds is 8. The van der Waals surface area contributed by atoms with E-state index < -0.39 is 29.5 Å². The number of carboxylic acids is 1. The molecule has 180 valence electrons. The van der Waals surface area contributed by atoms with Crippen molar-refractivity contribution in [2.45, 2.75) is 39.4 Å². The van der Waals surface area contributed by atoms with Crippen molar-refractivity contribution in [2.75, 3.05) is 0 Å². The van der Waals surface area contributed by atoms with Gasteiger partial charge in [-0.3, -0.25) is 9.48 Å². The van der Waals surface area contributed by atoms with Gasteiger partial charge in [-0.1, -0.05) is 30.7 Å². The van der Waals surface area contributed by atoms with Gasteiger partial charge in [0.05, 0.1) is 23.5 Å². The number of carbonyl (C=O) groups is 1. The van der Waals surface area contributed by atoms with Crippen molar-refractivity contribution in [3.8, 4) is 10.6 Å². The number of alkyl halides is 3. The van der Waals surface area contributed by atoms with E-state index in [9.17, 15) is 26.7 Å². The third kappa shape index (κ3) is 6.19. The highest BCUT2D eigenvalue weighted by Crippen LogP contribution is 2.37. The highest BCUT2D eigenvalue weighted by molar-refractivity contribution is 7.16.